The van der Waals surface area contributed by atoms with E-state index >= 15 is 0 Å². The van der Waals surface area contributed by atoms with Crippen molar-refractivity contribution in [3.63, 3.8) is 0 Å². The van der Waals surface area contributed by atoms with E-state index in [2.05, 4.69) is 36.1 Å². The van der Waals surface area contributed by atoms with Crippen molar-refractivity contribution in [2.75, 3.05) is 31.1 Å². The second kappa shape index (κ2) is 5.85. The Balaban J connectivity index is 1.96. The highest BCUT2D eigenvalue weighted by Gasteiger charge is 2.15. The van der Waals surface area contributed by atoms with Gasteiger partial charge >= 0.3 is 0 Å². The quantitative estimate of drug-likeness (QED) is 0.914. The molecule has 1 saturated heterocycles. The third-order valence-electron chi connectivity index (χ3n) is 3.25. The first-order valence-corrected chi connectivity index (χ1v) is 7.27. The Bertz CT molecular complexity index is 614. The summed E-state index contributed by atoms with van der Waals surface area (Å²) in [5.74, 6) is 0.376. The summed E-state index contributed by atoms with van der Waals surface area (Å²) in [4.78, 5) is 10.9. The van der Waals surface area contributed by atoms with E-state index in [-0.39, 0.29) is 5.82 Å². The van der Waals surface area contributed by atoms with Crippen molar-refractivity contribution in [2.45, 2.75) is 0 Å². The number of halogens is 2. The Morgan fingerprint density at radius 2 is 2.00 bits per heavy atom. The number of aromatic nitrogens is 2. The maximum absolute atomic E-state index is 13.9. The van der Waals surface area contributed by atoms with Crippen LogP contribution in [0.3, 0.4) is 0 Å². The third kappa shape index (κ3) is 2.81. The van der Waals surface area contributed by atoms with Crippen LogP contribution in [-0.4, -0.2) is 36.1 Å². The van der Waals surface area contributed by atoms with Crippen molar-refractivity contribution in [3.05, 3.63) is 40.8 Å². The van der Waals surface area contributed by atoms with Crippen LogP contribution >= 0.6 is 15.9 Å². The Morgan fingerprint density at radius 3 is 2.80 bits per heavy atom. The number of anilines is 1. The molecule has 104 valence electrons. The number of nitrogens with zero attached hydrogens (tertiary/aromatic N) is 3. The van der Waals surface area contributed by atoms with Gasteiger partial charge < -0.3 is 10.2 Å². The van der Waals surface area contributed by atoms with Gasteiger partial charge in [0, 0.05) is 42.4 Å². The first kappa shape index (κ1) is 13.5. The molecule has 0 unspecified atom stereocenters. The molecule has 1 aliphatic heterocycles. The first-order chi connectivity index (χ1) is 9.74. The summed E-state index contributed by atoms with van der Waals surface area (Å²) in [5.41, 5.74) is 1.09. The van der Waals surface area contributed by atoms with Gasteiger partial charge in [-0.25, -0.2) is 14.4 Å². The fourth-order valence-corrected chi connectivity index (χ4v) is 2.57. The highest BCUT2D eigenvalue weighted by atomic mass is 79.9. The molecule has 20 heavy (non-hydrogen) atoms. The van der Waals surface area contributed by atoms with Gasteiger partial charge in [0.2, 0.25) is 5.95 Å². The Morgan fingerprint density at radius 1 is 1.20 bits per heavy atom. The molecule has 0 atom stereocenters. The van der Waals surface area contributed by atoms with Gasteiger partial charge in [-0.2, -0.15) is 0 Å². The van der Waals surface area contributed by atoms with Crippen LogP contribution in [0.15, 0.2) is 34.9 Å². The van der Waals surface area contributed by atoms with Crippen LogP contribution in [0.4, 0.5) is 10.3 Å². The lowest BCUT2D eigenvalue weighted by Gasteiger charge is -2.27. The van der Waals surface area contributed by atoms with E-state index in [1.807, 2.05) is 0 Å². The van der Waals surface area contributed by atoms with Crippen molar-refractivity contribution in [2.24, 2.45) is 0 Å². The molecule has 1 N–H and O–H groups in total. The van der Waals surface area contributed by atoms with Crippen LogP contribution in [0, 0.1) is 5.82 Å². The van der Waals surface area contributed by atoms with Crippen molar-refractivity contribution in [1.82, 2.24) is 15.3 Å². The molecule has 2 aromatic rings. The zero-order chi connectivity index (χ0) is 13.9. The first-order valence-electron chi connectivity index (χ1n) is 6.48. The van der Waals surface area contributed by atoms with Crippen molar-refractivity contribution in [1.29, 1.82) is 0 Å². The number of hydrogen-bond acceptors (Lipinski definition) is 4. The molecule has 3 rings (SSSR count). The normalized spacial score (nSPS) is 15.4. The van der Waals surface area contributed by atoms with Gasteiger partial charge in [-0.3, -0.25) is 0 Å². The van der Waals surface area contributed by atoms with E-state index in [1.54, 1.807) is 24.4 Å². The maximum atomic E-state index is 13.9. The van der Waals surface area contributed by atoms with Gasteiger partial charge in [0.15, 0.2) is 0 Å². The molecule has 0 bridgehead atoms. The standard InChI is InChI=1S/C14H14BrFN4/c15-10-1-2-12(16)11(9-10)13-3-4-18-14(19-13)20-7-5-17-6-8-20/h1-4,9,17H,5-8H2. The molecular weight excluding hydrogens is 323 g/mol. The number of piperazine rings is 1. The monoisotopic (exact) mass is 336 g/mol. The average molecular weight is 337 g/mol. The van der Waals surface area contributed by atoms with Crippen LogP contribution in [0.2, 0.25) is 0 Å². The van der Waals surface area contributed by atoms with Gasteiger partial charge in [0.1, 0.15) is 5.82 Å². The van der Waals surface area contributed by atoms with Crippen molar-refractivity contribution >= 4 is 21.9 Å². The SMILES string of the molecule is Fc1ccc(Br)cc1-c1ccnc(N2CCNCC2)n1. The van der Waals surface area contributed by atoms with E-state index in [0.717, 1.165) is 30.7 Å². The number of benzene rings is 1. The maximum Gasteiger partial charge on any atom is 0.225 e. The molecule has 0 spiro atoms. The zero-order valence-corrected chi connectivity index (χ0v) is 12.4. The van der Waals surface area contributed by atoms with Crippen molar-refractivity contribution in [3.8, 4) is 11.3 Å². The molecule has 0 saturated carbocycles. The predicted molar refractivity (Wildman–Crippen MR) is 80.2 cm³/mol. The molecule has 0 aliphatic carbocycles. The van der Waals surface area contributed by atoms with Crippen LogP contribution in [-0.2, 0) is 0 Å². The summed E-state index contributed by atoms with van der Waals surface area (Å²) in [6.45, 7) is 3.56. The molecule has 1 aromatic carbocycles. The molecule has 6 heteroatoms. The minimum absolute atomic E-state index is 0.279. The number of nitrogens with one attached hydrogen (secondary N) is 1. The Kier molecular flexibility index (Phi) is 3.93. The molecule has 1 fully saturated rings. The highest BCUT2D eigenvalue weighted by Crippen LogP contribution is 2.25. The molecular formula is C14H14BrFN4. The zero-order valence-electron chi connectivity index (χ0n) is 10.8. The lowest BCUT2D eigenvalue weighted by Crippen LogP contribution is -2.44. The van der Waals surface area contributed by atoms with Crippen LogP contribution < -0.4 is 10.2 Å². The minimum Gasteiger partial charge on any atom is -0.338 e. The van der Waals surface area contributed by atoms with E-state index in [4.69, 9.17) is 0 Å². The topological polar surface area (TPSA) is 41.1 Å². The summed E-state index contributed by atoms with van der Waals surface area (Å²) in [5, 5.41) is 3.28. The third-order valence-corrected chi connectivity index (χ3v) is 3.74. The lowest BCUT2D eigenvalue weighted by atomic mass is 10.1. The van der Waals surface area contributed by atoms with E-state index in [9.17, 15) is 4.39 Å². The van der Waals surface area contributed by atoms with Crippen LogP contribution in [0.1, 0.15) is 0 Å². The van der Waals surface area contributed by atoms with Crippen LogP contribution in [0.5, 0.6) is 0 Å². The van der Waals surface area contributed by atoms with Gasteiger partial charge in [0.25, 0.3) is 0 Å². The molecule has 2 heterocycles. The van der Waals surface area contributed by atoms with Gasteiger partial charge in [-0.15, -0.1) is 0 Å². The van der Waals surface area contributed by atoms with Gasteiger partial charge in [-0.05, 0) is 24.3 Å². The largest absolute Gasteiger partial charge is 0.338 e. The van der Waals surface area contributed by atoms with Gasteiger partial charge in [-0.1, -0.05) is 15.9 Å². The fraction of sp³-hybridized carbons (Fsp3) is 0.286. The fourth-order valence-electron chi connectivity index (χ4n) is 2.21. The summed E-state index contributed by atoms with van der Waals surface area (Å²) in [6.07, 6.45) is 1.68. The highest BCUT2D eigenvalue weighted by molar-refractivity contribution is 9.10. The molecule has 1 aromatic heterocycles. The average Bonchev–Trinajstić information content (AvgIpc) is 2.51. The second-order valence-electron chi connectivity index (χ2n) is 4.60. The Labute approximate surface area is 125 Å². The molecule has 0 amide bonds. The van der Waals surface area contributed by atoms with E-state index in [1.165, 1.54) is 6.07 Å². The summed E-state index contributed by atoms with van der Waals surface area (Å²) in [7, 11) is 0. The smallest absolute Gasteiger partial charge is 0.225 e. The molecule has 0 radical (unpaired) electrons. The summed E-state index contributed by atoms with van der Waals surface area (Å²) < 4.78 is 14.8. The summed E-state index contributed by atoms with van der Waals surface area (Å²) >= 11 is 3.36. The number of hydrogen-bond donors (Lipinski definition) is 1. The van der Waals surface area contributed by atoms with Gasteiger partial charge in [0.05, 0.1) is 5.69 Å². The second-order valence-corrected chi connectivity index (χ2v) is 5.52. The van der Waals surface area contributed by atoms with Crippen molar-refractivity contribution < 1.29 is 4.39 Å². The Hall–Kier alpha value is -1.53. The number of rotatable bonds is 2. The minimum atomic E-state index is -0.279. The van der Waals surface area contributed by atoms with Crippen LogP contribution in [0.25, 0.3) is 11.3 Å². The van der Waals surface area contributed by atoms with E-state index < -0.39 is 0 Å². The predicted octanol–water partition coefficient (Wildman–Crippen LogP) is 2.45. The molecule has 4 nitrogen and oxygen atoms in total. The summed E-state index contributed by atoms with van der Waals surface area (Å²) in [6, 6.07) is 6.58. The molecule has 1 aliphatic rings. The van der Waals surface area contributed by atoms with E-state index in [0.29, 0.717) is 17.2 Å². The lowest BCUT2D eigenvalue weighted by molar-refractivity contribution is 0.580.